The summed E-state index contributed by atoms with van der Waals surface area (Å²) in [6, 6.07) is 11.5. The van der Waals surface area contributed by atoms with Crippen molar-refractivity contribution in [1.29, 1.82) is 0 Å². The predicted molar refractivity (Wildman–Crippen MR) is 113 cm³/mol. The Balaban J connectivity index is 1.41. The molecule has 4 rings (SSSR count). The fourth-order valence-corrected chi connectivity index (χ4v) is 3.63. The molecule has 1 aliphatic heterocycles. The van der Waals surface area contributed by atoms with Crippen LogP contribution in [0.25, 0.3) is 5.65 Å². The quantitative estimate of drug-likeness (QED) is 0.642. The van der Waals surface area contributed by atoms with Crippen molar-refractivity contribution in [3.63, 3.8) is 0 Å². The fraction of sp³-hybridized carbons (Fsp3) is 0.381. The van der Waals surface area contributed by atoms with E-state index in [-0.39, 0.29) is 24.2 Å². The monoisotopic (exact) mass is 407 g/mol. The third-order valence-electron chi connectivity index (χ3n) is 5.45. The summed E-state index contributed by atoms with van der Waals surface area (Å²) in [7, 11) is 0. The smallest absolute Gasteiger partial charge is 0.224 e. The third kappa shape index (κ3) is 4.40. The molecule has 3 aromatic rings. The van der Waals surface area contributed by atoms with E-state index in [0.717, 1.165) is 43.0 Å². The van der Waals surface area contributed by atoms with Gasteiger partial charge in [-0.2, -0.15) is 4.52 Å². The molecule has 1 fully saturated rings. The van der Waals surface area contributed by atoms with Crippen LogP contribution in [0.4, 0.5) is 11.5 Å². The topological polar surface area (TPSA) is 119 Å². The Morgan fingerprint density at radius 2 is 1.83 bits per heavy atom. The van der Waals surface area contributed by atoms with Crippen molar-refractivity contribution in [2.45, 2.75) is 32.6 Å². The first kappa shape index (κ1) is 19.8. The van der Waals surface area contributed by atoms with Crippen LogP contribution in [0, 0.1) is 12.8 Å². The average molecular weight is 407 g/mol. The highest BCUT2D eigenvalue weighted by atomic mass is 16.2. The number of primary amides is 1. The average Bonchev–Trinajstić information content (AvgIpc) is 3.16. The van der Waals surface area contributed by atoms with E-state index in [1.54, 1.807) is 4.52 Å². The lowest BCUT2D eigenvalue weighted by atomic mass is 9.96. The lowest BCUT2D eigenvalue weighted by Crippen LogP contribution is -2.39. The van der Waals surface area contributed by atoms with Crippen molar-refractivity contribution in [1.82, 2.24) is 19.8 Å². The van der Waals surface area contributed by atoms with Gasteiger partial charge in [-0.05, 0) is 44.0 Å². The van der Waals surface area contributed by atoms with Crippen molar-refractivity contribution in [3.05, 3.63) is 47.8 Å². The highest BCUT2D eigenvalue weighted by Crippen LogP contribution is 2.22. The Morgan fingerprint density at radius 1 is 1.10 bits per heavy atom. The second-order valence-corrected chi connectivity index (χ2v) is 7.66. The van der Waals surface area contributed by atoms with Crippen molar-refractivity contribution < 1.29 is 9.59 Å². The maximum Gasteiger partial charge on any atom is 0.224 e. The Morgan fingerprint density at radius 3 is 2.53 bits per heavy atom. The molecule has 3 N–H and O–H groups in total. The minimum Gasteiger partial charge on any atom is -0.369 e. The van der Waals surface area contributed by atoms with E-state index < -0.39 is 0 Å². The largest absolute Gasteiger partial charge is 0.369 e. The summed E-state index contributed by atoms with van der Waals surface area (Å²) < 4.78 is 1.69. The predicted octanol–water partition coefficient (Wildman–Crippen LogP) is 1.71. The van der Waals surface area contributed by atoms with E-state index in [4.69, 9.17) is 5.73 Å². The van der Waals surface area contributed by atoms with Gasteiger partial charge in [-0.25, -0.2) is 0 Å². The van der Waals surface area contributed by atoms with Crippen LogP contribution in [0.15, 0.2) is 36.4 Å². The second kappa shape index (κ2) is 8.48. The number of hydrogen-bond acceptors (Lipinski definition) is 6. The molecule has 30 heavy (non-hydrogen) atoms. The molecule has 9 nitrogen and oxygen atoms in total. The number of aromatic nitrogens is 4. The van der Waals surface area contributed by atoms with Gasteiger partial charge in [0.2, 0.25) is 11.8 Å². The van der Waals surface area contributed by atoms with Crippen molar-refractivity contribution in [2.24, 2.45) is 11.7 Å². The van der Waals surface area contributed by atoms with Crippen LogP contribution in [-0.4, -0.2) is 44.7 Å². The van der Waals surface area contributed by atoms with E-state index in [1.165, 1.54) is 0 Å². The van der Waals surface area contributed by atoms with Gasteiger partial charge < -0.3 is 16.0 Å². The van der Waals surface area contributed by atoms with Crippen molar-refractivity contribution >= 4 is 29.0 Å². The number of hydrogen-bond donors (Lipinski definition) is 2. The molecular weight excluding hydrogens is 382 g/mol. The molecular formula is C21H25N7O2. The molecule has 0 spiro atoms. The molecule has 0 aliphatic carbocycles. The van der Waals surface area contributed by atoms with E-state index in [2.05, 4.69) is 25.5 Å². The van der Waals surface area contributed by atoms with Crippen LogP contribution in [0.5, 0.6) is 0 Å². The molecule has 0 bridgehead atoms. The Bertz CT molecular complexity index is 1050. The highest BCUT2D eigenvalue weighted by molar-refractivity contribution is 5.90. The number of benzene rings is 1. The molecule has 1 aromatic carbocycles. The molecule has 2 amide bonds. The highest BCUT2D eigenvalue weighted by Gasteiger charge is 2.24. The van der Waals surface area contributed by atoms with E-state index in [0.29, 0.717) is 17.9 Å². The zero-order valence-corrected chi connectivity index (χ0v) is 16.9. The number of carbonyl (C=O) groups excluding carboxylic acids is 2. The summed E-state index contributed by atoms with van der Waals surface area (Å²) in [5.41, 5.74) is 7.97. The van der Waals surface area contributed by atoms with E-state index in [1.807, 2.05) is 43.3 Å². The van der Waals surface area contributed by atoms with Gasteiger partial charge in [-0.15, -0.1) is 15.3 Å². The summed E-state index contributed by atoms with van der Waals surface area (Å²) in [5.74, 6) is 1.05. The van der Waals surface area contributed by atoms with Gasteiger partial charge in [0.25, 0.3) is 0 Å². The van der Waals surface area contributed by atoms with Gasteiger partial charge in [0.15, 0.2) is 11.5 Å². The Labute approximate surface area is 174 Å². The standard InChI is InChI=1S/C21H25N7O2/c1-14-2-4-16(5-3-14)23-20(29)9-8-18-25-24-17-6-7-19(26-28(17)18)27-12-10-15(11-13-27)21(22)30/h2-7,15H,8-13H2,1H3,(H2,22,30)(H,23,29). The minimum atomic E-state index is -0.233. The van der Waals surface area contributed by atoms with Crippen LogP contribution in [-0.2, 0) is 16.0 Å². The van der Waals surface area contributed by atoms with Crippen molar-refractivity contribution in [2.75, 3.05) is 23.3 Å². The van der Waals surface area contributed by atoms with Crippen LogP contribution in [0.2, 0.25) is 0 Å². The maximum atomic E-state index is 12.3. The van der Waals surface area contributed by atoms with Gasteiger partial charge >= 0.3 is 0 Å². The molecule has 3 heterocycles. The Kier molecular flexibility index (Phi) is 5.60. The number of piperidine rings is 1. The minimum absolute atomic E-state index is 0.0671. The lowest BCUT2D eigenvalue weighted by molar-refractivity contribution is -0.122. The molecule has 0 unspecified atom stereocenters. The first-order chi connectivity index (χ1) is 14.5. The molecule has 0 saturated carbocycles. The Hall–Kier alpha value is -3.49. The molecule has 156 valence electrons. The third-order valence-corrected chi connectivity index (χ3v) is 5.45. The van der Waals surface area contributed by atoms with Crippen molar-refractivity contribution in [3.8, 4) is 0 Å². The van der Waals surface area contributed by atoms with E-state index >= 15 is 0 Å². The lowest BCUT2D eigenvalue weighted by Gasteiger charge is -2.31. The molecule has 0 radical (unpaired) electrons. The summed E-state index contributed by atoms with van der Waals surface area (Å²) in [4.78, 5) is 25.8. The zero-order chi connectivity index (χ0) is 21.1. The van der Waals surface area contributed by atoms with E-state index in [9.17, 15) is 9.59 Å². The van der Waals surface area contributed by atoms with Crippen LogP contribution in [0.3, 0.4) is 0 Å². The first-order valence-electron chi connectivity index (χ1n) is 10.1. The first-order valence-corrected chi connectivity index (χ1v) is 10.1. The molecule has 2 aromatic heterocycles. The number of rotatable bonds is 6. The van der Waals surface area contributed by atoms with Gasteiger partial charge in [0.1, 0.15) is 5.82 Å². The van der Waals surface area contributed by atoms with Gasteiger partial charge in [0.05, 0.1) is 0 Å². The number of anilines is 2. The number of nitrogens with one attached hydrogen (secondary N) is 1. The SMILES string of the molecule is Cc1ccc(NC(=O)CCc2nnc3ccc(N4CCC(C(N)=O)CC4)nn23)cc1. The van der Waals surface area contributed by atoms with Crippen LogP contribution < -0.4 is 16.0 Å². The normalized spacial score (nSPS) is 14.8. The number of amides is 2. The molecule has 9 heteroatoms. The van der Waals surface area contributed by atoms with Gasteiger partial charge in [0, 0.05) is 37.5 Å². The zero-order valence-electron chi connectivity index (χ0n) is 16.9. The van der Waals surface area contributed by atoms with Crippen LogP contribution >= 0.6 is 0 Å². The van der Waals surface area contributed by atoms with Gasteiger partial charge in [-0.3, -0.25) is 9.59 Å². The maximum absolute atomic E-state index is 12.3. The number of nitrogens with zero attached hydrogens (tertiary/aromatic N) is 5. The number of aryl methyl sites for hydroxylation is 2. The second-order valence-electron chi connectivity index (χ2n) is 7.66. The molecule has 1 aliphatic rings. The molecule has 1 saturated heterocycles. The summed E-state index contributed by atoms with van der Waals surface area (Å²) >= 11 is 0. The molecule has 0 atom stereocenters. The number of fused-ring (bicyclic) bond motifs is 1. The number of carbonyl (C=O) groups is 2. The fourth-order valence-electron chi connectivity index (χ4n) is 3.63. The summed E-state index contributed by atoms with van der Waals surface area (Å²) in [6.07, 6.45) is 2.16. The summed E-state index contributed by atoms with van der Waals surface area (Å²) in [6.45, 7) is 3.45. The van der Waals surface area contributed by atoms with Crippen LogP contribution in [0.1, 0.15) is 30.7 Å². The number of nitrogens with two attached hydrogens (primary N) is 1. The summed E-state index contributed by atoms with van der Waals surface area (Å²) in [5, 5.41) is 15.9. The van der Waals surface area contributed by atoms with Gasteiger partial charge in [-0.1, -0.05) is 17.7 Å².